The van der Waals surface area contributed by atoms with Gasteiger partial charge >= 0.3 is 0 Å². The molecule has 0 atom stereocenters. The maximum atomic E-state index is 13.3. The number of hydrogen-bond acceptors (Lipinski definition) is 1. The lowest BCUT2D eigenvalue weighted by Crippen LogP contribution is -2.22. The summed E-state index contributed by atoms with van der Waals surface area (Å²) in [6.45, 7) is 4.10. The molecule has 2 heteroatoms. The Kier molecular flexibility index (Phi) is 4.73. The van der Waals surface area contributed by atoms with Gasteiger partial charge in [-0.25, -0.2) is 4.39 Å². The highest BCUT2D eigenvalue weighted by Gasteiger charge is 2.27. The van der Waals surface area contributed by atoms with Crippen LogP contribution in [0.5, 0.6) is 0 Å². The first kappa shape index (κ1) is 14.2. The van der Waals surface area contributed by atoms with E-state index in [-0.39, 0.29) is 17.5 Å². The van der Waals surface area contributed by atoms with Crippen molar-refractivity contribution >= 4 is 5.78 Å². The molecule has 2 rings (SSSR count). The Balaban J connectivity index is 2.03. The summed E-state index contributed by atoms with van der Waals surface area (Å²) < 4.78 is 13.3. The van der Waals surface area contributed by atoms with Gasteiger partial charge in [-0.3, -0.25) is 4.79 Å². The van der Waals surface area contributed by atoms with E-state index in [1.165, 1.54) is 25.0 Å². The number of halogens is 1. The molecule has 1 aromatic rings. The quantitative estimate of drug-likeness (QED) is 0.704. The van der Waals surface area contributed by atoms with Crippen molar-refractivity contribution in [3.8, 4) is 0 Å². The summed E-state index contributed by atoms with van der Waals surface area (Å²) in [7, 11) is 0. The van der Waals surface area contributed by atoms with Crippen molar-refractivity contribution in [2.45, 2.75) is 52.4 Å². The zero-order valence-corrected chi connectivity index (χ0v) is 11.9. The summed E-state index contributed by atoms with van der Waals surface area (Å²) in [5.74, 6) is 0.733. The second-order valence-corrected chi connectivity index (χ2v) is 5.83. The van der Waals surface area contributed by atoms with Gasteiger partial charge in [0.1, 0.15) is 5.82 Å². The number of hydrogen-bond donors (Lipinski definition) is 0. The molecule has 104 valence electrons. The molecular formula is C17H23FO. The van der Waals surface area contributed by atoms with Gasteiger partial charge in [0.05, 0.1) is 0 Å². The highest BCUT2D eigenvalue weighted by molar-refractivity contribution is 5.99. The van der Waals surface area contributed by atoms with Crippen LogP contribution in [-0.2, 0) is 0 Å². The molecule has 0 N–H and O–H groups in total. The fraction of sp³-hybridized carbons (Fsp3) is 0.588. The molecule has 0 radical (unpaired) electrons. The van der Waals surface area contributed by atoms with Crippen LogP contribution >= 0.6 is 0 Å². The van der Waals surface area contributed by atoms with Gasteiger partial charge in [0.25, 0.3) is 0 Å². The van der Waals surface area contributed by atoms with Gasteiger partial charge in [0.2, 0.25) is 0 Å². The third-order valence-corrected chi connectivity index (χ3v) is 4.38. The lowest BCUT2D eigenvalue weighted by molar-refractivity contribution is 0.0868. The zero-order chi connectivity index (χ0) is 13.8. The molecule has 1 saturated carbocycles. The van der Waals surface area contributed by atoms with Crippen molar-refractivity contribution in [1.82, 2.24) is 0 Å². The Labute approximate surface area is 115 Å². The van der Waals surface area contributed by atoms with Crippen LogP contribution in [0, 0.1) is 24.6 Å². The van der Waals surface area contributed by atoms with Gasteiger partial charge in [-0.1, -0.05) is 25.8 Å². The summed E-state index contributed by atoms with van der Waals surface area (Å²) in [6.07, 6.45) is 6.75. The van der Waals surface area contributed by atoms with Crippen LogP contribution in [0.3, 0.4) is 0 Å². The molecule has 1 nitrogen and oxygen atoms in total. The van der Waals surface area contributed by atoms with Gasteiger partial charge in [-0.2, -0.15) is 0 Å². The zero-order valence-electron chi connectivity index (χ0n) is 11.9. The molecule has 0 heterocycles. The number of carbonyl (C=O) groups excluding carboxylic acids is 1. The normalized spacial score (nSPS) is 23.3. The maximum Gasteiger partial charge on any atom is 0.166 e. The van der Waals surface area contributed by atoms with Gasteiger partial charge in [0.15, 0.2) is 5.78 Å². The number of benzene rings is 1. The van der Waals surface area contributed by atoms with E-state index in [1.807, 2.05) is 6.92 Å². The Morgan fingerprint density at radius 1 is 1.26 bits per heavy atom. The molecule has 1 aliphatic carbocycles. The number of rotatable bonds is 4. The smallest absolute Gasteiger partial charge is 0.166 e. The molecular weight excluding hydrogens is 239 g/mol. The fourth-order valence-electron chi connectivity index (χ4n) is 3.20. The maximum absolute atomic E-state index is 13.3. The standard InChI is InChI=1S/C17H23FO/c1-3-4-13-6-8-14(9-7-13)17(19)16-11-15(18)10-5-12(16)2/h5,10-11,13-14H,3-4,6-9H2,1-2H3. The van der Waals surface area contributed by atoms with Crippen LogP contribution in [0.4, 0.5) is 4.39 Å². The average molecular weight is 262 g/mol. The summed E-state index contributed by atoms with van der Waals surface area (Å²) in [5, 5.41) is 0. The van der Waals surface area contributed by atoms with Crippen LogP contribution in [0.1, 0.15) is 61.4 Å². The van der Waals surface area contributed by atoms with Crippen LogP contribution < -0.4 is 0 Å². The van der Waals surface area contributed by atoms with E-state index in [9.17, 15) is 9.18 Å². The first-order valence-electron chi connectivity index (χ1n) is 7.42. The van der Waals surface area contributed by atoms with E-state index in [0.29, 0.717) is 5.56 Å². The fourth-order valence-corrected chi connectivity index (χ4v) is 3.20. The van der Waals surface area contributed by atoms with Crippen molar-refractivity contribution in [3.05, 3.63) is 35.1 Å². The Bertz CT molecular complexity index is 445. The van der Waals surface area contributed by atoms with Crippen molar-refractivity contribution in [2.24, 2.45) is 11.8 Å². The lowest BCUT2D eigenvalue weighted by atomic mass is 9.77. The first-order chi connectivity index (χ1) is 9.11. The number of carbonyl (C=O) groups is 1. The second-order valence-electron chi connectivity index (χ2n) is 5.83. The summed E-state index contributed by atoms with van der Waals surface area (Å²) in [6, 6.07) is 4.52. The van der Waals surface area contributed by atoms with Crippen LogP contribution in [0.2, 0.25) is 0 Å². The van der Waals surface area contributed by atoms with Gasteiger partial charge < -0.3 is 0 Å². The molecule has 1 fully saturated rings. The number of ketones is 1. The molecule has 0 aromatic heterocycles. The molecule has 0 amide bonds. The van der Waals surface area contributed by atoms with Gasteiger partial charge in [-0.15, -0.1) is 0 Å². The molecule has 0 aliphatic heterocycles. The predicted molar refractivity (Wildman–Crippen MR) is 75.8 cm³/mol. The van der Waals surface area contributed by atoms with E-state index in [2.05, 4.69) is 6.92 Å². The summed E-state index contributed by atoms with van der Waals surface area (Å²) in [5.41, 5.74) is 1.47. The van der Waals surface area contributed by atoms with Crippen molar-refractivity contribution in [3.63, 3.8) is 0 Å². The van der Waals surface area contributed by atoms with Crippen molar-refractivity contribution in [2.75, 3.05) is 0 Å². The second kappa shape index (κ2) is 6.31. The monoisotopic (exact) mass is 262 g/mol. The van der Waals surface area contributed by atoms with Crippen LogP contribution in [-0.4, -0.2) is 5.78 Å². The molecule has 0 bridgehead atoms. The topological polar surface area (TPSA) is 17.1 Å². The van der Waals surface area contributed by atoms with E-state index in [0.717, 1.165) is 37.2 Å². The Morgan fingerprint density at radius 2 is 1.95 bits per heavy atom. The SMILES string of the molecule is CCCC1CCC(C(=O)c2cc(F)ccc2C)CC1. The van der Waals surface area contributed by atoms with Crippen molar-refractivity contribution in [1.29, 1.82) is 0 Å². The number of Topliss-reactive ketones (excluding diaryl/α,β-unsaturated/α-hetero) is 1. The predicted octanol–water partition coefficient (Wildman–Crippen LogP) is 4.92. The molecule has 0 unspecified atom stereocenters. The third kappa shape index (κ3) is 3.43. The minimum Gasteiger partial charge on any atom is -0.294 e. The molecule has 0 saturated heterocycles. The highest BCUT2D eigenvalue weighted by atomic mass is 19.1. The highest BCUT2D eigenvalue weighted by Crippen LogP contribution is 2.33. The van der Waals surface area contributed by atoms with Crippen LogP contribution in [0.15, 0.2) is 18.2 Å². The summed E-state index contributed by atoms with van der Waals surface area (Å²) >= 11 is 0. The molecule has 1 aromatic carbocycles. The van der Waals surface area contributed by atoms with Gasteiger partial charge in [-0.05, 0) is 56.2 Å². The number of aryl methyl sites for hydroxylation is 1. The van der Waals surface area contributed by atoms with E-state index in [4.69, 9.17) is 0 Å². The average Bonchev–Trinajstić information content (AvgIpc) is 2.42. The van der Waals surface area contributed by atoms with E-state index < -0.39 is 0 Å². The van der Waals surface area contributed by atoms with E-state index in [1.54, 1.807) is 6.07 Å². The van der Waals surface area contributed by atoms with Crippen LogP contribution in [0.25, 0.3) is 0 Å². The summed E-state index contributed by atoms with van der Waals surface area (Å²) in [4.78, 5) is 12.5. The minimum absolute atomic E-state index is 0.105. The largest absolute Gasteiger partial charge is 0.294 e. The molecule has 19 heavy (non-hydrogen) atoms. The first-order valence-corrected chi connectivity index (χ1v) is 7.42. The van der Waals surface area contributed by atoms with Crippen molar-refractivity contribution < 1.29 is 9.18 Å². The Morgan fingerprint density at radius 3 is 2.58 bits per heavy atom. The molecule has 1 aliphatic rings. The van der Waals surface area contributed by atoms with E-state index >= 15 is 0 Å². The Hall–Kier alpha value is -1.18. The van der Waals surface area contributed by atoms with Gasteiger partial charge in [0, 0.05) is 11.5 Å². The lowest BCUT2D eigenvalue weighted by Gasteiger charge is -2.27. The molecule has 0 spiro atoms. The third-order valence-electron chi connectivity index (χ3n) is 4.38. The minimum atomic E-state index is -0.311.